The molecule has 0 aliphatic rings. The number of sulfonamides is 1. The Morgan fingerprint density at radius 1 is 1.50 bits per heavy atom. The molecule has 0 aliphatic heterocycles. The highest BCUT2D eigenvalue weighted by Gasteiger charge is 2.17. The Morgan fingerprint density at radius 3 is 2.89 bits per heavy atom. The molecule has 2 aromatic heterocycles. The molecule has 2 heterocycles. The molecule has 18 heavy (non-hydrogen) atoms. The second-order valence-corrected chi connectivity index (χ2v) is 6.06. The summed E-state index contributed by atoms with van der Waals surface area (Å²) in [5, 5.41) is 0. The number of pyridine rings is 1. The molecule has 8 heteroatoms. The van der Waals surface area contributed by atoms with Crippen molar-refractivity contribution in [2.45, 2.75) is 11.4 Å². The fourth-order valence-corrected chi connectivity index (χ4v) is 2.93. The number of halogens is 1. The average Bonchev–Trinajstić information content (AvgIpc) is 2.81. The molecule has 96 valence electrons. The van der Waals surface area contributed by atoms with E-state index in [1.807, 2.05) is 0 Å². The van der Waals surface area contributed by atoms with E-state index in [0.717, 1.165) is 0 Å². The number of hydrogen-bond acceptors (Lipinski definition) is 4. The molecule has 0 spiro atoms. The average molecular weight is 331 g/mol. The normalized spacial score (nSPS) is 11.4. The number of anilines is 1. The molecule has 2 rings (SSSR count). The van der Waals surface area contributed by atoms with Crippen molar-refractivity contribution < 1.29 is 8.42 Å². The highest BCUT2D eigenvalue weighted by molar-refractivity contribution is 9.10. The van der Waals surface area contributed by atoms with Gasteiger partial charge < -0.3 is 10.7 Å². The lowest BCUT2D eigenvalue weighted by Gasteiger charge is -2.07. The van der Waals surface area contributed by atoms with E-state index in [4.69, 9.17) is 5.73 Å². The molecule has 0 radical (unpaired) electrons. The molecule has 4 N–H and O–H groups in total. The quantitative estimate of drug-likeness (QED) is 0.789. The van der Waals surface area contributed by atoms with Gasteiger partial charge in [0, 0.05) is 30.8 Å². The van der Waals surface area contributed by atoms with Crippen molar-refractivity contribution in [1.82, 2.24) is 9.97 Å². The SMILES string of the molecule is NCc1cc(S(=O)(=O)Nc2ccncc2Br)c[nH]1. The number of hydrogen-bond donors (Lipinski definition) is 3. The van der Waals surface area contributed by atoms with E-state index in [9.17, 15) is 8.42 Å². The van der Waals surface area contributed by atoms with Crippen molar-refractivity contribution in [3.05, 3.63) is 40.9 Å². The van der Waals surface area contributed by atoms with Gasteiger partial charge in [-0.15, -0.1) is 0 Å². The smallest absolute Gasteiger partial charge is 0.263 e. The van der Waals surface area contributed by atoms with Gasteiger partial charge in [0.15, 0.2) is 0 Å². The number of rotatable bonds is 4. The molecule has 0 bridgehead atoms. The maximum atomic E-state index is 12.1. The molecule has 0 fully saturated rings. The Bertz CT molecular complexity index is 653. The second kappa shape index (κ2) is 5.09. The Labute approximate surface area is 113 Å². The molecule has 0 amide bonds. The number of aromatic amines is 1. The summed E-state index contributed by atoms with van der Waals surface area (Å²) in [5.41, 5.74) is 6.51. The first-order chi connectivity index (χ1) is 8.53. The second-order valence-electron chi connectivity index (χ2n) is 3.53. The van der Waals surface area contributed by atoms with E-state index in [1.165, 1.54) is 24.7 Å². The van der Waals surface area contributed by atoms with Gasteiger partial charge in [0.1, 0.15) is 4.90 Å². The monoisotopic (exact) mass is 330 g/mol. The molecular formula is C10H11BrN4O2S. The number of H-pyrrole nitrogens is 1. The minimum absolute atomic E-state index is 0.145. The van der Waals surface area contributed by atoms with Crippen molar-refractivity contribution in [2.24, 2.45) is 5.73 Å². The van der Waals surface area contributed by atoms with E-state index in [2.05, 4.69) is 30.6 Å². The Morgan fingerprint density at radius 2 is 2.28 bits per heavy atom. The molecular weight excluding hydrogens is 320 g/mol. The molecule has 0 aliphatic carbocycles. The van der Waals surface area contributed by atoms with Crippen LogP contribution < -0.4 is 10.5 Å². The summed E-state index contributed by atoms with van der Waals surface area (Å²) >= 11 is 3.22. The summed E-state index contributed by atoms with van der Waals surface area (Å²) in [6.45, 7) is 0.258. The fraction of sp³-hybridized carbons (Fsp3) is 0.100. The minimum atomic E-state index is -3.62. The Kier molecular flexibility index (Phi) is 3.69. The molecule has 0 unspecified atom stereocenters. The standard InChI is InChI=1S/C10H11BrN4O2S/c11-9-6-13-2-1-10(9)15-18(16,17)8-3-7(4-12)14-5-8/h1-3,5-6,14H,4,12H2,(H,13,15). The van der Waals surface area contributed by atoms with Crippen LogP contribution in [0.25, 0.3) is 0 Å². The van der Waals surface area contributed by atoms with Gasteiger partial charge in [-0.3, -0.25) is 9.71 Å². The van der Waals surface area contributed by atoms with Crippen LogP contribution in [0.2, 0.25) is 0 Å². The number of nitrogens with two attached hydrogens (primary N) is 1. The van der Waals surface area contributed by atoms with Gasteiger partial charge in [-0.05, 0) is 28.1 Å². The van der Waals surface area contributed by atoms with Gasteiger partial charge in [-0.2, -0.15) is 0 Å². The first-order valence-electron chi connectivity index (χ1n) is 5.02. The lowest BCUT2D eigenvalue weighted by molar-refractivity contribution is 0.601. The first kappa shape index (κ1) is 13.1. The highest BCUT2D eigenvalue weighted by Crippen LogP contribution is 2.23. The van der Waals surface area contributed by atoms with Crippen LogP contribution in [0.5, 0.6) is 0 Å². The zero-order valence-electron chi connectivity index (χ0n) is 9.22. The van der Waals surface area contributed by atoms with Gasteiger partial charge >= 0.3 is 0 Å². The van der Waals surface area contributed by atoms with E-state index >= 15 is 0 Å². The zero-order chi connectivity index (χ0) is 13.2. The van der Waals surface area contributed by atoms with Crippen LogP contribution >= 0.6 is 15.9 Å². The first-order valence-corrected chi connectivity index (χ1v) is 7.30. The van der Waals surface area contributed by atoms with Gasteiger partial charge in [0.05, 0.1) is 10.2 Å². The molecule has 6 nitrogen and oxygen atoms in total. The fourth-order valence-electron chi connectivity index (χ4n) is 1.35. The maximum Gasteiger partial charge on any atom is 0.263 e. The van der Waals surface area contributed by atoms with Crippen LogP contribution in [0.4, 0.5) is 5.69 Å². The predicted molar refractivity (Wildman–Crippen MR) is 71.4 cm³/mol. The van der Waals surface area contributed by atoms with Gasteiger partial charge in [-0.1, -0.05) is 0 Å². The zero-order valence-corrected chi connectivity index (χ0v) is 11.6. The van der Waals surface area contributed by atoms with Crippen LogP contribution in [0.3, 0.4) is 0 Å². The van der Waals surface area contributed by atoms with Gasteiger partial charge in [0.25, 0.3) is 10.0 Å². The largest absolute Gasteiger partial charge is 0.363 e. The molecule has 2 aromatic rings. The van der Waals surface area contributed by atoms with Crippen molar-refractivity contribution >= 4 is 31.6 Å². The molecule has 0 aromatic carbocycles. The Hall–Kier alpha value is -1.38. The number of nitrogens with zero attached hydrogens (tertiary/aromatic N) is 1. The van der Waals surface area contributed by atoms with Crippen LogP contribution in [-0.4, -0.2) is 18.4 Å². The van der Waals surface area contributed by atoms with E-state index < -0.39 is 10.0 Å². The van der Waals surface area contributed by atoms with E-state index in [1.54, 1.807) is 6.07 Å². The number of nitrogens with one attached hydrogen (secondary N) is 2. The Balaban J connectivity index is 2.30. The third-order valence-electron chi connectivity index (χ3n) is 2.26. The van der Waals surface area contributed by atoms with Crippen molar-refractivity contribution in [3.63, 3.8) is 0 Å². The summed E-state index contributed by atoms with van der Waals surface area (Å²) in [4.78, 5) is 6.80. The summed E-state index contributed by atoms with van der Waals surface area (Å²) in [6, 6.07) is 3.07. The predicted octanol–water partition coefficient (Wildman–Crippen LogP) is 1.43. The minimum Gasteiger partial charge on any atom is -0.363 e. The number of aromatic nitrogens is 2. The van der Waals surface area contributed by atoms with Crippen molar-refractivity contribution in [2.75, 3.05) is 4.72 Å². The third kappa shape index (κ3) is 2.71. The van der Waals surface area contributed by atoms with Gasteiger partial charge in [0.2, 0.25) is 0 Å². The molecule has 0 saturated heterocycles. The summed E-state index contributed by atoms with van der Waals surface area (Å²) in [7, 11) is -3.62. The van der Waals surface area contributed by atoms with Crippen LogP contribution in [0.15, 0.2) is 40.1 Å². The van der Waals surface area contributed by atoms with Crippen molar-refractivity contribution in [3.8, 4) is 0 Å². The van der Waals surface area contributed by atoms with Crippen LogP contribution in [0.1, 0.15) is 5.69 Å². The lowest BCUT2D eigenvalue weighted by atomic mass is 10.4. The summed E-state index contributed by atoms with van der Waals surface area (Å²) in [5.74, 6) is 0. The van der Waals surface area contributed by atoms with E-state index in [0.29, 0.717) is 15.9 Å². The molecule has 0 saturated carbocycles. The third-order valence-corrected chi connectivity index (χ3v) is 4.24. The summed E-state index contributed by atoms with van der Waals surface area (Å²) in [6.07, 6.45) is 4.42. The topological polar surface area (TPSA) is 101 Å². The van der Waals surface area contributed by atoms with Crippen LogP contribution in [0, 0.1) is 0 Å². The highest BCUT2D eigenvalue weighted by atomic mass is 79.9. The summed E-state index contributed by atoms with van der Waals surface area (Å²) < 4.78 is 27.2. The molecule has 0 atom stereocenters. The lowest BCUT2D eigenvalue weighted by Crippen LogP contribution is -2.12. The van der Waals surface area contributed by atoms with E-state index in [-0.39, 0.29) is 11.4 Å². The maximum absolute atomic E-state index is 12.1. The van der Waals surface area contributed by atoms with Crippen LogP contribution in [-0.2, 0) is 16.6 Å². The van der Waals surface area contributed by atoms with Gasteiger partial charge in [-0.25, -0.2) is 8.42 Å². The van der Waals surface area contributed by atoms with Crippen molar-refractivity contribution in [1.29, 1.82) is 0 Å².